The molecule has 1 spiro atoms. The molecule has 0 fully saturated rings. The quantitative estimate of drug-likeness (QED) is 0.497. The van der Waals surface area contributed by atoms with Gasteiger partial charge in [0.1, 0.15) is 5.54 Å². The van der Waals surface area contributed by atoms with Crippen molar-refractivity contribution in [1.29, 1.82) is 0 Å². The third-order valence-corrected chi connectivity index (χ3v) is 2.17. The maximum atomic E-state index is 11.2. The lowest BCUT2D eigenvalue weighted by Gasteiger charge is -2.21. The fourth-order valence-corrected chi connectivity index (χ4v) is 1.48. The molecule has 0 atom stereocenters. The number of carbonyl (C=O) groups excluding carboxylic acids is 1. The van der Waals surface area contributed by atoms with Gasteiger partial charge in [0, 0.05) is 6.20 Å². The lowest BCUT2D eigenvalue weighted by atomic mass is 9.94. The molecule has 52 valence electrons. The van der Waals surface area contributed by atoms with Crippen LogP contribution in [0.2, 0.25) is 0 Å². The monoisotopic (exact) mass is 135 g/mol. The van der Waals surface area contributed by atoms with Gasteiger partial charge in [-0.1, -0.05) is 12.2 Å². The van der Waals surface area contributed by atoms with Gasteiger partial charge in [0.15, 0.2) is 5.78 Å². The molecule has 0 bridgehead atoms. The minimum Gasteiger partial charge on any atom is -0.378 e. The SMILES string of the molecule is O=C1C=CNC12CC=CC2. The second-order valence-corrected chi connectivity index (χ2v) is 2.80. The molecule has 2 heteroatoms. The van der Waals surface area contributed by atoms with E-state index in [1.165, 1.54) is 0 Å². The van der Waals surface area contributed by atoms with E-state index in [1.807, 2.05) is 0 Å². The maximum absolute atomic E-state index is 11.2. The van der Waals surface area contributed by atoms with Gasteiger partial charge in [0.05, 0.1) is 0 Å². The largest absolute Gasteiger partial charge is 0.378 e. The fourth-order valence-electron chi connectivity index (χ4n) is 1.48. The number of nitrogens with one attached hydrogen (secondary N) is 1. The van der Waals surface area contributed by atoms with Crippen LogP contribution in [0.15, 0.2) is 24.4 Å². The normalized spacial score (nSPS) is 26.2. The van der Waals surface area contributed by atoms with Gasteiger partial charge in [-0.05, 0) is 18.9 Å². The Balaban J connectivity index is 2.26. The summed E-state index contributed by atoms with van der Waals surface area (Å²) in [7, 11) is 0. The summed E-state index contributed by atoms with van der Waals surface area (Å²) in [5, 5.41) is 3.09. The van der Waals surface area contributed by atoms with E-state index < -0.39 is 0 Å². The number of hydrogen-bond donors (Lipinski definition) is 1. The Morgan fingerprint density at radius 3 is 2.60 bits per heavy atom. The third kappa shape index (κ3) is 0.561. The molecule has 2 rings (SSSR count). The smallest absolute Gasteiger partial charge is 0.183 e. The third-order valence-electron chi connectivity index (χ3n) is 2.17. The van der Waals surface area contributed by atoms with E-state index in [0.29, 0.717) is 0 Å². The number of hydrogen-bond acceptors (Lipinski definition) is 2. The van der Waals surface area contributed by atoms with Gasteiger partial charge in [-0.2, -0.15) is 0 Å². The van der Waals surface area contributed by atoms with E-state index in [4.69, 9.17) is 0 Å². The summed E-state index contributed by atoms with van der Waals surface area (Å²) >= 11 is 0. The van der Waals surface area contributed by atoms with Crippen molar-refractivity contribution in [2.24, 2.45) is 0 Å². The van der Waals surface area contributed by atoms with Gasteiger partial charge >= 0.3 is 0 Å². The Bertz CT molecular complexity index is 214. The zero-order valence-corrected chi connectivity index (χ0v) is 5.63. The van der Waals surface area contributed by atoms with Crippen LogP contribution in [0.5, 0.6) is 0 Å². The summed E-state index contributed by atoms with van der Waals surface area (Å²) in [4.78, 5) is 11.2. The van der Waals surface area contributed by atoms with E-state index in [2.05, 4.69) is 17.5 Å². The van der Waals surface area contributed by atoms with Gasteiger partial charge in [0.2, 0.25) is 0 Å². The van der Waals surface area contributed by atoms with Crippen molar-refractivity contribution in [3.05, 3.63) is 24.4 Å². The van der Waals surface area contributed by atoms with Crippen LogP contribution in [0.25, 0.3) is 0 Å². The summed E-state index contributed by atoms with van der Waals surface area (Å²) in [6.07, 6.45) is 9.16. The van der Waals surface area contributed by atoms with Crippen LogP contribution in [0.3, 0.4) is 0 Å². The molecule has 0 unspecified atom stereocenters. The average Bonchev–Trinajstić information content (AvgIpc) is 2.48. The van der Waals surface area contributed by atoms with Crippen molar-refractivity contribution in [1.82, 2.24) is 5.32 Å². The first-order valence-electron chi connectivity index (χ1n) is 3.47. The van der Waals surface area contributed by atoms with Gasteiger partial charge in [-0.15, -0.1) is 0 Å². The molecule has 0 amide bonds. The molecule has 0 saturated heterocycles. The molecule has 0 saturated carbocycles. The predicted molar refractivity (Wildman–Crippen MR) is 38.4 cm³/mol. The molecule has 2 nitrogen and oxygen atoms in total. The van der Waals surface area contributed by atoms with Crippen LogP contribution in [0, 0.1) is 0 Å². The number of carbonyl (C=O) groups is 1. The van der Waals surface area contributed by atoms with Crippen LogP contribution >= 0.6 is 0 Å². The van der Waals surface area contributed by atoms with Gasteiger partial charge < -0.3 is 5.32 Å². The van der Waals surface area contributed by atoms with Crippen molar-refractivity contribution >= 4 is 5.78 Å². The molecule has 1 heterocycles. The highest BCUT2D eigenvalue weighted by Crippen LogP contribution is 2.27. The molecule has 0 aromatic heterocycles. The second-order valence-electron chi connectivity index (χ2n) is 2.80. The molecule has 1 aliphatic heterocycles. The van der Waals surface area contributed by atoms with Crippen LogP contribution in [0.1, 0.15) is 12.8 Å². The fraction of sp³-hybridized carbons (Fsp3) is 0.375. The highest BCUT2D eigenvalue weighted by Gasteiger charge is 2.38. The van der Waals surface area contributed by atoms with Crippen molar-refractivity contribution in [2.45, 2.75) is 18.4 Å². The lowest BCUT2D eigenvalue weighted by Crippen LogP contribution is -2.42. The van der Waals surface area contributed by atoms with Crippen molar-refractivity contribution in [3.63, 3.8) is 0 Å². The van der Waals surface area contributed by atoms with Gasteiger partial charge in [0.25, 0.3) is 0 Å². The summed E-state index contributed by atoms with van der Waals surface area (Å²) in [5.74, 6) is 0.220. The molecule has 1 N–H and O–H groups in total. The summed E-state index contributed by atoms with van der Waals surface area (Å²) in [6, 6.07) is 0. The number of rotatable bonds is 0. The lowest BCUT2D eigenvalue weighted by molar-refractivity contribution is -0.119. The highest BCUT2D eigenvalue weighted by molar-refractivity contribution is 6.00. The molecule has 2 aliphatic rings. The first-order valence-corrected chi connectivity index (χ1v) is 3.47. The van der Waals surface area contributed by atoms with E-state index in [0.717, 1.165) is 12.8 Å². The van der Waals surface area contributed by atoms with E-state index >= 15 is 0 Å². The molecule has 0 aromatic rings. The summed E-state index contributed by atoms with van der Waals surface area (Å²) in [5.41, 5.74) is -0.264. The van der Waals surface area contributed by atoms with Crippen LogP contribution in [0.4, 0.5) is 0 Å². The maximum Gasteiger partial charge on any atom is 0.183 e. The minimum absolute atomic E-state index is 0.220. The Kier molecular flexibility index (Phi) is 0.982. The highest BCUT2D eigenvalue weighted by atomic mass is 16.1. The first kappa shape index (κ1) is 5.71. The van der Waals surface area contributed by atoms with Crippen LogP contribution < -0.4 is 5.32 Å². The summed E-state index contributed by atoms with van der Waals surface area (Å²) in [6.45, 7) is 0. The first-order chi connectivity index (χ1) is 4.83. The van der Waals surface area contributed by atoms with Crippen molar-refractivity contribution in [3.8, 4) is 0 Å². The predicted octanol–water partition coefficient (Wildman–Crippen LogP) is 0.761. The van der Waals surface area contributed by atoms with E-state index in [9.17, 15) is 4.79 Å². The molecule has 0 radical (unpaired) electrons. The van der Waals surface area contributed by atoms with Crippen LogP contribution in [-0.4, -0.2) is 11.3 Å². The second kappa shape index (κ2) is 1.72. The molecular weight excluding hydrogens is 126 g/mol. The molecule has 10 heavy (non-hydrogen) atoms. The number of ketones is 1. The minimum atomic E-state index is -0.264. The Morgan fingerprint density at radius 1 is 1.40 bits per heavy atom. The van der Waals surface area contributed by atoms with Crippen LogP contribution in [-0.2, 0) is 4.79 Å². The topological polar surface area (TPSA) is 29.1 Å². The van der Waals surface area contributed by atoms with E-state index in [1.54, 1.807) is 12.3 Å². The Labute approximate surface area is 59.6 Å². The summed E-state index contributed by atoms with van der Waals surface area (Å²) < 4.78 is 0. The average molecular weight is 135 g/mol. The van der Waals surface area contributed by atoms with Crippen molar-refractivity contribution in [2.75, 3.05) is 0 Å². The molecular formula is C8H9NO. The zero-order chi connectivity index (χ0) is 7.03. The van der Waals surface area contributed by atoms with E-state index in [-0.39, 0.29) is 11.3 Å². The molecule has 0 aromatic carbocycles. The zero-order valence-electron chi connectivity index (χ0n) is 5.63. The Morgan fingerprint density at radius 2 is 2.10 bits per heavy atom. The standard InChI is InChI=1S/C8H9NO/c10-7-3-6-9-8(7)4-1-2-5-8/h1-3,6,9H,4-5H2. The van der Waals surface area contributed by atoms with Crippen molar-refractivity contribution < 1.29 is 4.79 Å². The molecule has 1 aliphatic carbocycles. The van der Waals surface area contributed by atoms with Gasteiger partial charge in [-0.3, -0.25) is 4.79 Å². The Hall–Kier alpha value is -1.05. The van der Waals surface area contributed by atoms with Gasteiger partial charge in [-0.25, -0.2) is 0 Å².